The molecular weight excluding hydrogens is 190 g/mol. The van der Waals surface area contributed by atoms with Crippen LogP contribution < -0.4 is 10.1 Å². The Balaban J connectivity index is 2.05. The second-order valence-corrected chi connectivity index (χ2v) is 4.57. The summed E-state index contributed by atoms with van der Waals surface area (Å²) < 4.78 is 5.50. The highest BCUT2D eigenvalue weighted by Crippen LogP contribution is 2.37. The molecule has 15 heavy (non-hydrogen) atoms. The van der Waals surface area contributed by atoms with E-state index in [2.05, 4.69) is 22.2 Å². The van der Waals surface area contributed by atoms with Gasteiger partial charge in [0.25, 0.3) is 0 Å². The van der Waals surface area contributed by atoms with E-state index in [0.29, 0.717) is 11.8 Å². The molecule has 0 spiro atoms. The summed E-state index contributed by atoms with van der Waals surface area (Å²) in [6, 6.07) is 1.78. The van der Waals surface area contributed by atoms with Crippen molar-refractivity contribution in [3.8, 4) is 5.88 Å². The van der Waals surface area contributed by atoms with Crippen molar-refractivity contribution in [1.29, 1.82) is 0 Å². The third-order valence-electron chi connectivity index (χ3n) is 2.40. The summed E-state index contributed by atoms with van der Waals surface area (Å²) in [4.78, 5) is 8.46. The molecule has 4 nitrogen and oxygen atoms in total. The Hall–Kier alpha value is -1.32. The molecule has 0 aromatic carbocycles. The van der Waals surface area contributed by atoms with Crippen molar-refractivity contribution in [2.75, 3.05) is 5.32 Å². The molecule has 1 aromatic rings. The van der Waals surface area contributed by atoms with Gasteiger partial charge in [0.1, 0.15) is 0 Å². The van der Waals surface area contributed by atoms with E-state index in [1.165, 1.54) is 12.8 Å². The van der Waals surface area contributed by atoms with Gasteiger partial charge in [-0.05, 0) is 33.6 Å². The number of rotatable bonds is 4. The van der Waals surface area contributed by atoms with Crippen molar-refractivity contribution in [2.24, 2.45) is 0 Å². The number of nitrogens with one attached hydrogen (secondary N) is 1. The largest absolute Gasteiger partial charge is 0.475 e. The fraction of sp³-hybridized carbons (Fsp3) is 0.636. The molecule has 1 saturated carbocycles. The summed E-state index contributed by atoms with van der Waals surface area (Å²) in [5.74, 6) is 1.29. The number of anilines is 1. The van der Waals surface area contributed by atoms with Crippen LogP contribution in [0.15, 0.2) is 12.3 Å². The molecule has 1 aliphatic carbocycles. The Morgan fingerprint density at radius 3 is 2.80 bits per heavy atom. The second kappa shape index (κ2) is 3.68. The van der Waals surface area contributed by atoms with Gasteiger partial charge in [-0.2, -0.15) is 4.98 Å². The highest BCUT2D eigenvalue weighted by molar-refractivity contribution is 5.34. The molecule has 1 aromatic heterocycles. The summed E-state index contributed by atoms with van der Waals surface area (Å²) in [7, 11) is 0. The third-order valence-corrected chi connectivity index (χ3v) is 2.40. The zero-order chi connectivity index (χ0) is 10.9. The first-order chi connectivity index (χ1) is 7.07. The zero-order valence-electron chi connectivity index (χ0n) is 9.45. The first-order valence-electron chi connectivity index (χ1n) is 5.35. The standard InChI is InChI=1S/C11H17N3O/c1-8(2)15-9-4-7-12-10(13-9)14-11(3)5-6-11/h4,7-8H,5-6H2,1-3H3,(H,12,13,14). The molecule has 1 N–H and O–H groups in total. The number of hydrogen-bond donors (Lipinski definition) is 1. The van der Waals surface area contributed by atoms with Crippen LogP contribution in [0.5, 0.6) is 5.88 Å². The van der Waals surface area contributed by atoms with Crippen LogP contribution in [0.3, 0.4) is 0 Å². The summed E-state index contributed by atoms with van der Waals surface area (Å²) in [5.41, 5.74) is 0.205. The van der Waals surface area contributed by atoms with Crippen molar-refractivity contribution in [1.82, 2.24) is 9.97 Å². The number of aromatic nitrogens is 2. The van der Waals surface area contributed by atoms with Crippen molar-refractivity contribution in [3.05, 3.63) is 12.3 Å². The van der Waals surface area contributed by atoms with E-state index in [-0.39, 0.29) is 11.6 Å². The Morgan fingerprint density at radius 2 is 2.20 bits per heavy atom. The third kappa shape index (κ3) is 2.81. The fourth-order valence-corrected chi connectivity index (χ4v) is 1.29. The van der Waals surface area contributed by atoms with Gasteiger partial charge in [0.05, 0.1) is 6.10 Å². The summed E-state index contributed by atoms with van der Waals surface area (Å²) in [6.45, 7) is 6.14. The molecule has 4 heteroatoms. The second-order valence-electron chi connectivity index (χ2n) is 4.57. The van der Waals surface area contributed by atoms with E-state index in [1.54, 1.807) is 12.3 Å². The van der Waals surface area contributed by atoms with Crippen LogP contribution in [0.4, 0.5) is 5.95 Å². The first-order valence-corrected chi connectivity index (χ1v) is 5.35. The Bertz CT molecular complexity index is 347. The molecule has 0 bridgehead atoms. The average Bonchev–Trinajstić information content (AvgIpc) is 2.82. The molecule has 1 fully saturated rings. The fourth-order valence-electron chi connectivity index (χ4n) is 1.29. The van der Waals surface area contributed by atoms with E-state index < -0.39 is 0 Å². The van der Waals surface area contributed by atoms with Crippen molar-refractivity contribution < 1.29 is 4.74 Å². The number of hydrogen-bond acceptors (Lipinski definition) is 4. The van der Waals surface area contributed by atoms with E-state index in [9.17, 15) is 0 Å². The lowest BCUT2D eigenvalue weighted by atomic mass is 10.3. The van der Waals surface area contributed by atoms with E-state index in [1.807, 2.05) is 13.8 Å². The van der Waals surface area contributed by atoms with Gasteiger partial charge >= 0.3 is 0 Å². The first kappa shape index (κ1) is 10.2. The van der Waals surface area contributed by atoms with Crippen LogP contribution in [0.25, 0.3) is 0 Å². The van der Waals surface area contributed by atoms with Gasteiger partial charge in [-0.15, -0.1) is 0 Å². The van der Waals surface area contributed by atoms with E-state index in [0.717, 1.165) is 0 Å². The molecule has 0 saturated heterocycles. The normalized spacial score (nSPS) is 17.6. The zero-order valence-corrected chi connectivity index (χ0v) is 9.45. The lowest BCUT2D eigenvalue weighted by Crippen LogP contribution is -2.18. The highest BCUT2D eigenvalue weighted by Gasteiger charge is 2.37. The maximum atomic E-state index is 5.50. The Kier molecular flexibility index (Phi) is 2.50. The quantitative estimate of drug-likeness (QED) is 0.822. The smallest absolute Gasteiger partial charge is 0.226 e. The average molecular weight is 207 g/mol. The molecule has 1 heterocycles. The summed E-state index contributed by atoms with van der Waals surface area (Å²) >= 11 is 0. The van der Waals surface area contributed by atoms with Crippen LogP contribution in [0.1, 0.15) is 33.6 Å². The van der Waals surface area contributed by atoms with Crippen molar-refractivity contribution in [2.45, 2.75) is 45.3 Å². The topological polar surface area (TPSA) is 47.0 Å². The minimum atomic E-state index is 0.143. The minimum absolute atomic E-state index is 0.143. The predicted octanol–water partition coefficient (Wildman–Crippen LogP) is 2.23. The highest BCUT2D eigenvalue weighted by atomic mass is 16.5. The van der Waals surface area contributed by atoms with Gasteiger partial charge in [-0.1, -0.05) is 0 Å². The molecule has 82 valence electrons. The SMILES string of the molecule is CC(C)Oc1ccnc(NC2(C)CC2)n1. The van der Waals surface area contributed by atoms with Gasteiger partial charge in [0, 0.05) is 17.8 Å². The van der Waals surface area contributed by atoms with Crippen LogP contribution in [-0.4, -0.2) is 21.6 Å². The van der Waals surface area contributed by atoms with Crippen molar-refractivity contribution >= 4 is 5.95 Å². The molecule has 0 amide bonds. The van der Waals surface area contributed by atoms with E-state index in [4.69, 9.17) is 4.74 Å². The van der Waals surface area contributed by atoms with Gasteiger partial charge in [0.15, 0.2) is 0 Å². The van der Waals surface area contributed by atoms with Crippen LogP contribution in [0, 0.1) is 0 Å². The Morgan fingerprint density at radius 1 is 1.47 bits per heavy atom. The van der Waals surface area contributed by atoms with Crippen LogP contribution >= 0.6 is 0 Å². The predicted molar refractivity (Wildman–Crippen MR) is 59.1 cm³/mol. The molecule has 0 radical (unpaired) electrons. The minimum Gasteiger partial charge on any atom is -0.475 e. The molecule has 2 rings (SSSR count). The van der Waals surface area contributed by atoms with Gasteiger partial charge in [-0.3, -0.25) is 0 Å². The molecule has 1 aliphatic rings. The molecule has 0 unspecified atom stereocenters. The molecule has 0 aliphatic heterocycles. The number of nitrogens with zero attached hydrogens (tertiary/aromatic N) is 2. The van der Waals surface area contributed by atoms with Crippen LogP contribution in [0.2, 0.25) is 0 Å². The van der Waals surface area contributed by atoms with Crippen LogP contribution in [-0.2, 0) is 0 Å². The molecule has 0 atom stereocenters. The maximum absolute atomic E-state index is 5.50. The van der Waals surface area contributed by atoms with E-state index >= 15 is 0 Å². The number of ether oxygens (including phenoxy) is 1. The van der Waals surface area contributed by atoms with Crippen molar-refractivity contribution in [3.63, 3.8) is 0 Å². The van der Waals surface area contributed by atoms with Gasteiger partial charge in [0.2, 0.25) is 11.8 Å². The molecular formula is C11H17N3O. The monoisotopic (exact) mass is 207 g/mol. The summed E-state index contributed by atoms with van der Waals surface area (Å²) in [6.07, 6.45) is 4.24. The van der Waals surface area contributed by atoms with Gasteiger partial charge in [-0.25, -0.2) is 4.98 Å². The van der Waals surface area contributed by atoms with Gasteiger partial charge < -0.3 is 10.1 Å². The maximum Gasteiger partial charge on any atom is 0.226 e. The lowest BCUT2D eigenvalue weighted by Gasteiger charge is -2.13. The Labute approximate surface area is 90.1 Å². The summed E-state index contributed by atoms with van der Waals surface area (Å²) in [5, 5.41) is 3.30. The lowest BCUT2D eigenvalue weighted by molar-refractivity contribution is 0.232.